The largest absolute Gasteiger partial charge is 0.329 e. The van der Waals surface area contributed by atoms with Gasteiger partial charge in [0.15, 0.2) is 0 Å². The highest BCUT2D eigenvalue weighted by atomic mass is 16.1. The lowest BCUT2D eigenvalue weighted by Gasteiger charge is -1.98. The van der Waals surface area contributed by atoms with E-state index in [1.807, 2.05) is 30.3 Å². The molecule has 3 nitrogen and oxygen atoms in total. The van der Waals surface area contributed by atoms with E-state index in [9.17, 15) is 4.79 Å². The number of rotatable bonds is 2. The Morgan fingerprint density at radius 1 is 0.600 bits per heavy atom. The van der Waals surface area contributed by atoms with Gasteiger partial charge in [0.1, 0.15) is 0 Å². The van der Waals surface area contributed by atoms with E-state index in [1.165, 1.54) is 11.1 Å². The monoisotopic (exact) mass is 326 g/mol. The van der Waals surface area contributed by atoms with Crippen molar-refractivity contribution in [1.29, 1.82) is 0 Å². The van der Waals surface area contributed by atoms with Gasteiger partial charge < -0.3 is 4.98 Å². The van der Waals surface area contributed by atoms with Gasteiger partial charge in [0.25, 0.3) is 0 Å². The molecule has 0 bridgehead atoms. The molecule has 0 aliphatic carbocycles. The summed E-state index contributed by atoms with van der Waals surface area (Å²) in [5, 5.41) is 0. The summed E-state index contributed by atoms with van der Waals surface area (Å²) < 4.78 is 0. The van der Waals surface area contributed by atoms with E-state index < -0.39 is 0 Å². The Hall–Kier alpha value is -3.46. The molecule has 0 aliphatic heterocycles. The molecule has 0 aliphatic rings. The molecular formula is C22H18N2O. The van der Waals surface area contributed by atoms with Crippen LogP contribution in [0.4, 0.5) is 0 Å². The van der Waals surface area contributed by atoms with Gasteiger partial charge in [-0.15, -0.1) is 0 Å². The van der Waals surface area contributed by atoms with E-state index in [0.717, 1.165) is 11.1 Å². The van der Waals surface area contributed by atoms with Crippen LogP contribution in [0.25, 0.3) is 22.3 Å². The number of aromatic amines is 1. The molecule has 4 rings (SSSR count). The molecule has 0 unspecified atom stereocenters. The number of H-pyrrole nitrogens is 1. The summed E-state index contributed by atoms with van der Waals surface area (Å²) in [5.41, 5.74) is 4.37. The van der Waals surface area contributed by atoms with E-state index in [2.05, 4.69) is 58.5 Å². The summed E-state index contributed by atoms with van der Waals surface area (Å²) in [7, 11) is 0. The Kier molecular flexibility index (Phi) is 5.52. The van der Waals surface area contributed by atoms with Crippen molar-refractivity contribution >= 4 is 0 Å². The van der Waals surface area contributed by atoms with Gasteiger partial charge in [-0.2, -0.15) is 0 Å². The van der Waals surface area contributed by atoms with Gasteiger partial charge >= 0.3 is 0 Å². The first kappa shape index (κ1) is 16.4. The van der Waals surface area contributed by atoms with Gasteiger partial charge in [0.05, 0.1) is 0 Å². The lowest BCUT2D eigenvalue weighted by Crippen LogP contribution is -2.01. The molecule has 3 heteroatoms. The van der Waals surface area contributed by atoms with Crippen LogP contribution >= 0.6 is 0 Å². The Balaban J connectivity index is 0.000000146. The van der Waals surface area contributed by atoms with Crippen LogP contribution in [0.1, 0.15) is 0 Å². The van der Waals surface area contributed by atoms with E-state index in [-0.39, 0.29) is 5.56 Å². The van der Waals surface area contributed by atoms with Crippen molar-refractivity contribution in [1.82, 2.24) is 9.97 Å². The normalized spacial score (nSPS) is 9.76. The number of hydrogen-bond donors (Lipinski definition) is 1. The molecule has 2 heterocycles. The fourth-order valence-electron chi connectivity index (χ4n) is 2.43. The third-order valence-corrected chi connectivity index (χ3v) is 3.67. The number of nitrogens with one attached hydrogen (secondary N) is 1. The van der Waals surface area contributed by atoms with Crippen molar-refractivity contribution in [2.45, 2.75) is 0 Å². The molecule has 0 saturated carbocycles. The summed E-state index contributed by atoms with van der Waals surface area (Å²) in [5.74, 6) is 0. The number of hydrogen-bond acceptors (Lipinski definition) is 2. The number of aromatic nitrogens is 2. The summed E-state index contributed by atoms with van der Waals surface area (Å²) >= 11 is 0. The number of benzene rings is 2. The zero-order valence-corrected chi connectivity index (χ0v) is 13.7. The highest BCUT2D eigenvalue weighted by molar-refractivity contribution is 5.63. The zero-order chi connectivity index (χ0) is 17.3. The minimum atomic E-state index is -0.0886. The number of nitrogens with zero attached hydrogens (tertiary/aromatic N) is 1. The van der Waals surface area contributed by atoms with Crippen LogP contribution < -0.4 is 5.56 Å². The third kappa shape index (κ3) is 4.75. The molecular weight excluding hydrogens is 308 g/mol. The topological polar surface area (TPSA) is 45.8 Å². The summed E-state index contributed by atoms with van der Waals surface area (Å²) in [4.78, 5) is 17.5. The number of pyridine rings is 2. The summed E-state index contributed by atoms with van der Waals surface area (Å²) in [6, 6.07) is 27.9. The van der Waals surface area contributed by atoms with Gasteiger partial charge in [-0.1, -0.05) is 60.7 Å². The van der Waals surface area contributed by atoms with Gasteiger partial charge in [-0.05, 0) is 40.5 Å². The Morgan fingerprint density at radius 3 is 1.64 bits per heavy atom. The van der Waals surface area contributed by atoms with Gasteiger partial charge in [-0.3, -0.25) is 9.78 Å². The minimum Gasteiger partial charge on any atom is -0.329 e. The lowest BCUT2D eigenvalue weighted by atomic mass is 10.1. The van der Waals surface area contributed by atoms with Crippen molar-refractivity contribution in [3.05, 3.63) is 114 Å². The predicted molar refractivity (Wildman–Crippen MR) is 102 cm³/mol. The van der Waals surface area contributed by atoms with E-state index in [0.29, 0.717) is 0 Å². The first-order valence-electron chi connectivity index (χ1n) is 8.02. The van der Waals surface area contributed by atoms with Crippen molar-refractivity contribution in [3.8, 4) is 22.3 Å². The van der Waals surface area contributed by atoms with Gasteiger partial charge in [0, 0.05) is 24.7 Å². The van der Waals surface area contributed by atoms with Crippen LogP contribution in [-0.2, 0) is 0 Å². The summed E-state index contributed by atoms with van der Waals surface area (Å²) in [6.07, 6.45) is 5.05. The Morgan fingerprint density at radius 2 is 1.12 bits per heavy atom. The predicted octanol–water partition coefficient (Wildman–Crippen LogP) is 4.79. The molecule has 0 amide bonds. The van der Waals surface area contributed by atoms with Crippen LogP contribution in [-0.4, -0.2) is 9.97 Å². The third-order valence-electron chi connectivity index (χ3n) is 3.67. The molecule has 0 fully saturated rings. The average Bonchev–Trinajstić information content (AvgIpc) is 2.71. The molecule has 0 saturated heterocycles. The molecule has 122 valence electrons. The maximum atomic E-state index is 11.0. The van der Waals surface area contributed by atoms with Crippen molar-refractivity contribution < 1.29 is 0 Å². The summed E-state index contributed by atoms with van der Waals surface area (Å²) in [6.45, 7) is 0. The fraction of sp³-hybridized carbons (Fsp3) is 0. The molecule has 2 aromatic carbocycles. The van der Waals surface area contributed by atoms with Crippen LogP contribution in [0.5, 0.6) is 0 Å². The molecule has 0 spiro atoms. The van der Waals surface area contributed by atoms with Crippen molar-refractivity contribution in [2.75, 3.05) is 0 Å². The van der Waals surface area contributed by atoms with E-state index >= 15 is 0 Å². The van der Waals surface area contributed by atoms with Crippen molar-refractivity contribution in [3.63, 3.8) is 0 Å². The Bertz CT molecular complexity index is 911. The van der Waals surface area contributed by atoms with Gasteiger partial charge in [-0.25, -0.2) is 0 Å². The first-order valence-corrected chi connectivity index (χ1v) is 8.02. The molecule has 1 N–H and O–H groups in total. The van der Waals surface area contributed by atoms with E-state index in [1.54, 1.807) is 24.7 Å². The highest BCUT2D eigenvalue weighted by Gasteiger charge is 1.95. The quantitative estimate of drug-likeness (QED) is 0.575. The minimum absolute atomic E-state index is 0.0886. The van der Waals surface area contributed by atoms with Gasteiger partial charge in [0.2, 0.25) is 5.56 Å². The van der Waals surface area contributed by atoms with Crippen LogP contribution in [0.15, 0.2) is 108 Å². The second kappa shape index (κ2) is 8.41. The molecule has 25 heavy (non-hydrogen) atoms. The first-order chi connectivity index (χ1) is 12.3. The fourth-order valence-corrected chi connectivity index (χ4v) is 2.43. The zero-order valence-electron chi connectivity index (χ0n) is 13.7. The molecule has 2 aromatic heterocycles. The van der Waals surface area contributed by atoms with Crippen LogP contribution in [0.3, 0.4) is 0 Å². The second-order valence-corrected chi connectivity index (χ2v) is 5.41. The van der Waals surface area contributed by atoms with Crippen LogP contribution in [0, 0.1) is 0 Å². The van der Waals surface area contributed by atoms with Crippen LogP contribution in [0.2, 0.25) is 0 Å². The average molecular weight is 326 g/mol. The second-order valence-electron chi connectivity index (χ2n) is 5.41. The molecule has 0 atom stereocenters. The maximum Gasteiger partial charge on any atom is 0.248 e. The molecule has 4 aromatic rings. The van der Waals surface area contributed by atoms with Crippen molar-refractivity contribution in [2.24, 2.45) is 0 Å². The lowest BCUT2D eigenvalue weighted by molar-refractivity contribution is 1.24. The molecule has 0 radical (unpaired) electrons. The SMILES string of the molecule is O=c1cc(-c2ccncc2)cc[nH]1.c1ccc(-c2ccccc2)cc1. The smallest absolute Gasteiger partial charge is 0.248 e. The Labute approximate surface area is 146 Å². The maximum absolute atomic E-state index is 11.0. The highest BCUT2D eigenvalue weighted by Crippen LogP contribution is 2.17. The standard InChI is InChI=1S/C12H10.C10H8N2O/c1-3-7-11(8-4-1)12-9-5-2-6-10-12;13-10-7-9(3-6-12-10)8-1-4-11-5-2-8/h1-10H;1-7H,(H,12,13). The van der Waals surface area contributed by atoms with E-state index in [4.69, 9.17) is 0 Å².